The summed E-state index contributed by atoms with van der Waals surface area (Å²) >= 11 is 0. The van der Waals surface area contributed by atoms with Gasteiger partial charge in [-0.15, -0.1) is 0 Å². The molecule has 0 aromatic rings. The highest BCUT2D eigenvalue weighted by Crippen LogP contribution is 2.35. The van der Waals surface area contributed by atoms with E-state index in [2.05, 4.69) is 22.6 Å². The molecule has 92 valence electrons. The van der Waals surface area contributed by atoms with Gasteiger partial charge in [-0.2, -0.15) is 0 Å². The van der Waals surface area contributed by atoms with Crippen molar-refractivity contribution >= 4 is 6.03 Å². The van der Waals surface area contributed by atoms with Crippen molar-refractivity contribution in [3.8, 4) is 0 Å². The fraction of sp³-hybridized carbons (Fsp3) is 0.909. The molecule has 0 radical (unpaired) electrons. The molecule has 2 atom stereocenters. The molecule has 0 aliphatic carbocycles. The van der Waals surface area contributed by atoms with Gasteiger partial charge in [0.25, 0.3) is 0 Å². The third-order valence-electron chi connectivity index (χ3n) is 3.96. The molecule has 2 aliphatic rings. The van der Waals surface area contributed by atoms with Crippen molar-refractivity contribution in [2.75, 3.05) is 20.1 Å². The van der Waals surface area contributed by atoms with Gasteiger partial charge in [0.05, 0.1) is 0 Å². The first-order chi connectivity index (χ1) is 7.70. The molecule has 2 saturated heterocycles. The summed E-state index contributed by atoms with van der Waals surface area (Å²) in [6.07, 6.45) is 5.09. The van der Waals surface area contributed by atoms with E-state index in [9.17, 15) is 4.79 Å². The quantitative estimate of drug-likeness (QED) is 0.625. The van der Waals surface area contributed by atoms with E-state index in [1.54, 1.807) is 0 Å². The van der Waals surface area contributed by atoms with Crippen LogP contribution in [-0.4, -0.2) is 49.2 Å². The predicted molar refractivity (Wildman–Crippen MR) is 63.2 cm³/mol. The summed E-state index contributed by atoms with van der Waals surface area (Å²) in [5.41, 5.74) is 5.06. The van der Waals surface area contributed by atoms with Crippen LogP contribution >= 0.6 is 0 Å². The number of primary amides is 1. The van der Waals surface area contributed by atoms with Gasteiger partial charge >= 0.3 is 6.03 Å². The second kappa shape index (κ2) is 5.01. The molecule has 2 aliphatic heterocycles. The van der Waals surface area contributed by atoms with Gasteiger partial charge in [0.1, 0.15) is 0 Å². The number of carbonyl (C=O) groups excluding carboxylic acids is 1. The normalized spacial score (nSPS) is 33.9. The lowest BCUT2D eigenvalue weighted by atomic mass is 9.97. The molecule has 2 amide bonds. The lowest BCUT2D eigenvalue weighted by Crippen LogP contribution is -2.50. The van der Waals surface area contributed by atoms with Gasteiger partial charge in [-0.05, 0) is 32.7 Å². The van der Waals surface area contributed by atoms with Crippen LogP contribution in [0.3, 0.4) is 0 Å². The van der Waals surface area contributed by atoms with Crippen LogP contribution in [0.15, 0.2) is 0 Å². The zero-order valence-corrected chi connectivity index (χ0v) is 9.91. The summed E-state index contributed by atoms with van der Waals surface area (Å²) in [5.74, 6) is 0. The first kappa shape index (κ1) is 11.7. The van der Waals surface area contributed by atoms with Crippen LogP contribution in [0.2, 0.25) is 0 Å². The fourth-order valence-corrected chi connectivity index (χ4v) is 3.18. The predicted octanol–water partition coefficient (Wildman–Crippen LogP) is -0.130. The molecular weight excluding hydrogens is 204 g/mol. The summed E-state index contributed by atoms with van der Waals surface area (Å²) < 4.78 is 0. The van der Waals surface area contributed by atoms with Crippen molar-refractivity contribution in [3.63, 3.8) is 0 Å². The van der Waals surface area contributed by atoms with Crippen LogP contribution in [0.5, 0.6) is 0 Å². The molecule has 0 aromatic heterocycles. The van der Waals surface area contributed by atoms with Crippen LogP contribution in [-0.2, 0) is 0 Å². The third-order valence-corrected chi connectivity index (χ3v) is 3.96. The van der Waals surface area contributed by atoms with E-state index in [-0.39, 0.29) is 0 Å². The fourth-order valence-electron chi connectivity index (χ4n) is 3.18. The number of hydrogen-bond donors (Lipinski definition) is 3. The van der Waals surface area contributed by atoms with Gasteiger partial charge in [0.2, 0.25) is 0 Å². The number of hydrogen-bond acceptors (Lipinski definition) is 3. The number of nitrogens with two attached hydrogens (primary N) is 1. The van der Waals surface area contributed by atoms with E-state index in [0.717, 1.165) is 6.54 Å². The number of fused-ring (bicyclic) bond motifs is 2. The van der Waals surface area contributed by atoms with Crippen molar-refractivity contribution in [2.24, 2.45) is 5.73 Å². The molecule has 2 fully saturated rings. The van der Waals surface area contributed by atoms with E-state index in [1.807, 2.05) is 0 Å². The minimum Gasteiger partial charge on any atom is -0.352 e. The van der Waals surface area contributed by atoms with E-state index in [1.165, 1.54) is 25.7 Å². The SMILES string of the molecule is CNC1CC2CCC(C1)N2CCNC(N)=O. The standard InChI is InChI=1S/C11H22N4O/c1-13-8-6-9-2-3-10(7-8)15(9)5-4-14-11(12)16/h8-10,13H,2-7H2,1H3,(H3,12,14,16). The van der Waals surface area contributed by atoms with Crippen LogP contribution in [0.25, 0.3) is 0 Å². The molecule has 0 spiro atoms. The van der Waals surface area contributed by atoms with Gasteiger partial charge < -0.3 is 16.4 Å². The molecule has 0 saturated carbocycles. The molecule has 5 heteroatoms. The Morgan fingerprint density at radius 3 is 2.50 bits per heavy atom. The van der Waals surface area contributed by atoms with Crippen molar-refractivity contribution < 1.29 is 4.79 Å². The minimum atomic E-state index is -0.419. The molecule has 2 heterocycles. The summed E-state index contributed by atoms with van der Waals surface area (Å²) in [6, 6.07) is 1.66. The Morgan fingerprint density at radius 1 is 1.38 bits per heavy atom. The van der Waals surface area contributed by atoms with Gasteiger partial charge in [0, 0.05) is 31.2 Å². The van der Waals surface area contributed by atoms with Crippen LogP contribution in [0.4, 0.5) is 4.79 Å². The first-order valence-electron chi connectivity index (χ1n) is 6.17. The molecule has 16 heavy (non-hydrogen) atoms. The number of rotatable bonds is 4. The van der Waals surface area contributed by atoms with E-state index in [4.69, 9.17) is 5.73 Å². The van der Waals surface area contributed by atoms with Gasteiger partial charge in [-0.25, -0.2) is 4.79 Å². The second-order valence-corrected chi connectivity index (χ2v) is 4.87. The van der Waals surface area contributed by atoms with Crippen molar-refractivity contribution in [1.82, 2.24) is 15.5 Å². The van der Waals surface area contributed by atoms with Gasteiger partial charge in [0.15, 0.2) is 0 Å². The first-order valence-corrected chi connectivity index (χ1v) is 6.17. The summed E-state index contributed by atoms with van der Waals surface area (Å²) in [6.45, 7) is 1.61. The maximum Gasteiger partial charge on any atom is 0.312 e. The van der Waals surface area contributed by atoms with E-state index in [0.29, 0.717) is 24.7 Å². The Hall–Kier alpha value is -0.810. The molecule has 0 aromatic carbocycles. The van der Waals surface area contributed by atoms with Crippen LogP contribution in [0.1, 0.15) is 25.7 Å². The average molecular weight is 226 g/mol. The smallest absolute Gasteiger partial charge is 0.312 e. The number of piperidine rings is 1. The van der Waals surface area contributed by atoms with Crippen molar-refractivity contribution in [2.45, 2.75) is 43.8 Å². The molecule has 2 unspecified atom stereocenters. The monoisotopic (exact) mass is 226 g/mol. The van der Waals surface area contributed by atoms with Crippen LogP contribution < -0.4 is 16.4 Å². The Balaban J connectivity index is 1.81. The topological polar surface area (TPSA) is 70.4 Å². The highest BCUT2D eigenvalue weighted by atomic mass is 16.2. The summed E-state index contributed by atoms with van der Waals surface area (Å²) in [4.78, 5) is 13.1. The molecular formula is C11H22N4O. The summed E-state index contributed by atoms with van der Waals surface area (Å²) in [7, 11) is 2.05. The second-order valence-electron chi connectivity index (χ2n) is 4.87. The maximum atomic E-state index is 10.6. The zero-order valence-electron chi connectivity index (χ0n) is 9.91. The Labute approximate surface area is 96.7 Å². The maximum absolute atomic E-state index is 10.6. The molecule has 2 bridgehead atoms. The number of urea groups is 1. The lowest BCUT2D eigenvalue weighted by molar-refractivity contribution is 0.121. The van der Waals surface area contributed by atoms with E-state index < -0.39 is 6.03 Å². The van der Waals surface area contributed by atoms with Gasteiger partial charge in [-0.1, -0.05) is 0 Å². The van der Waals surface area contributed by atoms with E-state index >= 15 is 0 Å². The molecule has 4 N–H and O–H groups in total. The highest BCUT2D eigenvalue weighted by Gasteiger charge is 2.39. The summed E-state index contributed by atoms with van der Waals surface area (Å²) in [5, 5.41) is 6.05. The van der Waals surface area contributed by atoms with Crippen molar-refractivity contribution in [1.29, 1.82) is 0 Å². The van der Waals surface area contributed by atoms with Crippen molar-refractivity contribution in [3.05, 3.63) is 0 Å². The zero-order chi connectivity index (χ0) is 11.5. The van der Waals surface area contributed by atoms with Gasteiger partial charge in [-0.3, -0.25) is 4.90 Å². The molecule has 5 nitrogen and oxygen atoms in total. The Kier molecular flexibility index (Phi) is 3.66. The average Bonchev–Trinajstić information content (AvgIpc) is 2.50. The third kappa shape index (κ3) is 2.47. The highest BCUT2D eigenvalue weighted by molar-refractivity contribution is 5.71. The lowest BCUT2D eigenvalue weighted by Gasteiger charge is -2.38. The number of nitrogens with zero attached hydrogens (tertiary/aromatic N) is 1. The Morgan fingerprint density at radius 2 is 2.00 bits per heavy atom. The van der Waals surface area contributed by atoms with Crippen LogP contribution in [0, 0.1) is 0 Å². The number of nitrogens with one attached hydrogen (secondary N) is 2. The number of carbonyl (C=O) groups is 1. The Bertz CT molecular complexity index is 244. The number of amides is 2. The minimum absolute atomic E-state index is 0.419. The largest absolute Gasteiger partial charge is 0.352 e. The molecule has 2 rings (SSSR count).